The Labute approximate surface area is 193 Å². The van der Waals surface area contributed by atoms with Crippen molar-refractivity contribution >= 4 is 18.1 Å². The van der Waals surface area contributed by atoms with Crippen LogP contribution in [0.4, 0.5) is 0 Å². The van der Waals surface area contributed by atoms with Crippen molar-refractivity contribution < 1.29 is 8.42 Å². The molecular weight excluding hydrogens is 418 g/mol. The fraction of sp³-hybridized carbons (Fsp3) is 0.769. The number of aryl methyl sites for hydroxylation is 1. The molecule has 0 bridgehead atoms. The highest BCUT2D eigenvalue weighted by Gasteiger charge is 2.55. The average Bonchev–Trinajstić information content (AvgIpc) is 3.15. The summed E-state index contributed by atoms with van der Waals surface area (Å²) in [5.74, 6) is 0.525. The van der Waals surface area contributed by atoms with Crippen LogP contribution in [-0.4, -0.2) is 33.4 Å². The van der Waals surface area contributed by atoms with Gasteiger partial charge >= 0.3 is 0 Å². The monoisotopic (exact) mass is 463 g/mol. The minimum Gasteiger partial charge on any atom is -0.207 e. The van der Waals surface area contributed by atoms with E-state index in [1.54, 1.807) is 0 Å². The Morgan fingerprint density at radius 1 is 0.871 bits per heavy atom. The van der Waals surface area contributed by atoms with Crippen LogP contribution < -0.4 is 0 Å². The molecule has 176 valence electrons. The summed E-state index contributed by atoms with van der Waals surface area (Å²) in [7, 11) is -5.21. The van der Waals surface area contributed by atoms with Gasteiger partial charge in [0, 0.05) is 12.6 Å². The van der Waals surface area contributed by atoms with E-state index in [1.807, 2.05) is 35.5 Å². The van der Waals surface area contributed by atoms with Crippen LogP contribution in [0.15, 0.2) is 29.2 Å². The third-order valence-corrected chi connectivity index (χ3v) is 18.6. The summed E-state index contributed by atoms with van der Waals surface area (Å²) in [5.41, 5.74) is 3.62. The standard InChI is InChI=1S/C26H45NO2SSi/c1-19(2)31(20(3)4,21(5)6)25-17-26(23-11-9-8-10-12-23)27(18-25)30(28,29)24-15-13-22(7)14-16-24/h13-16,19-21,23,25-26H,8-12,17-18H2,1-7H3. The fourth-order valence-corrected chi connectivity index (χ4v) is 17.5. The molecule has 1 saturated carbocycles. The minimum absolute atomic E-state index is 0.180. The molecule has 3 rings (SSSR count). The van der Waals surface area contributed by atoms with Crippen LogP contribution in [0, 0.1) is 12.8 Å². The summed E-state index contributed by atoms with van der Waals surface area (Å²) in [6.45, 7) is 17.2. The maximum atomic E-state index is 13.9. The number of hydrogen-bond acceptors (Lipinski definition) is 2. The number of nitrogens with zero attached hydrogens (tertiary/aromatic N) is 1. The van der Waals surface area contributed by atoms with E-state index in [0.29, 0.717) is 33.0 Å². The van der Waals surface area contributed by atoms with Gasteiger partial charge in [0.15, 0.2) is 0 Å². The maximum absolute atomic E-state index is 13.9. The maximum Gasteiger partial charge on any atom is 0.243 e. The van der Waals surface area contributed by atoms with E-state index in [1.165, 1.54) is 32.1 Å². The highest BCUT2D eigenvalue weighted by Crippen LogP contribution is 2.55. The summed E-state index contributed by atoms with van der Waals surface area (Å²) < 4.78 is 29.8. The predicted octanol–water partition coefficient (Wildman–Crippen LogP) is 7.39. The molecule has 1 aromatic rings. The predicted molar refractivity (Wildman–Crippen MR) is 135 cm³/mol. The Morgan fingerprint density at radius 2 is 1.39 bits per heavy atom. The van der Waals surface area contributed by atoms with Crippen molar-refractivity contribution in [3.63, 3.8) is 0 Å². The quantitative estimate of drug-likeness (QED) is 0.395. The molecule has 1 aliphatic heterocycles. The largest absolute Gasteiger partial charge is 0.243 e. The zero-order valence-electron chi connectivity index (χ0n) is 20.9. The molecule has 31 heavy (non-hydrogen) atoms. The first-order valence-electron chi connectivity index (χ1n) is 12.6. The van der Waals surface area contributed by atoms with E-state index in [-0.39, 0.29) is 6.04 Å². The van der Waals surface area contributed by atoms with E-state index >= 15 is 0 Å². The molecule has 0 spiro atoms. The van der Waals surface area contributed by atoms with Gasteiger partial charge in [-0.05, 0) is 49.8 Å². The van der Waals surface area contributed by atoms with Crippen molar-refractivity contribution in [1.82, 2.24) is 4.31 Å². The molecule has 2 aliphatic rings. The van der Waals surface area contributed by atoms with Crippen molar-refractivity contribution in [2.24, 2.45) is 5.92 Å². The van der Waals surface area contributed by atoms with Gasteiger partial charge in [0.05, 0.1) is 13.0 Å². The van der Waals surface area contributed by atoms with E-state index in [9.17, 15) is 8.42 Å². The van der Waals surface area contributed by atoms with Crippen LogP contribution in [0.5, 0.6) is 0 Å². The third-order valence-electron chi connectivity index (χ3n) is 8.82. The lowest BCUT2D eigenvalue weighted by Crippen LogP contribution is -2.50. The molecule has 0 N–H and O–H groups in total. The molecule has 1 heterocycles. The SMILES string of the molecule is Cc1ccc(S(=O)(=O)N2CC([Si](C(C)C)(C(C)C)C(C)C)CC2C2CCCCC2)cc1. The zero-order valence-corrected chi connectivity index (χ0v) is 22.7. The summed E-state index contributed by atoms with van der Waals surface area (Å²) >= 11 is 0. The van der Waals surface area contributed by atoms with Gasteiger partial charge in [0.2, 0.25) is 10.0 Å². The lowest BCUT2D eigenvalue weighted by atomic mass is 9.83. The van der Waals surface area contributed by atoms with E-state index < -0.39 is 18.1 Å². The van der Waals surface area contributed by atoms with Crippen LogP contribution in [0.3, 0.4) is 0 Å². The Morgan fingerprint density at radius 3 is 1.87 bits per heavy atom. The van der Waals surface area contributed by atoms with Crippen LogP contribution in [-0.2, 0) is 10.0 Å². The number of sulfonamides is 1. The highest BCUT2D eigenvalue weighted by atomic mass is 32.2. The highest BCUT2D eigenvalue weighted by molar-refractivity contribution is 7.89. The van der Waals surface area contributed by atoms with E-state index in [0.717, 1.165) is 18.5 Å². The Bertz CT molecular complexity index is 804. The van der Waals surface area contributed by atoms with Gasteiger partial charge in [-0.3, -0.25) is 0 Å². The van der Waals surface area contributed by atoms with E-state index in [2.05, 4.69) is 41.5 Å². The summed E-state index contributed by atoms with van der Waals surface area (Å²) in [4.78, 5) is 0.477. The van der Waals surface area contributed by atoms with Crippen LogP contribution in [0.2, 0.25) is 22.2 Å². The zero-order chi connectivity index (χ0) is 23.0. The van der Waals surface area contributed by atoms with Crippen molar-refractivity contribution in [2.45, 2.75) is 120 Å². The second-order valence-electron chi connectivity index (χ2n) is 11.2. The average molecular weight is 464 g/mol. The lowest BCUT2D eigenvalue weighted by molar-refractivity contribution is 0.226. The molecule has 2 atom stereocenters. The molecule has 5 heteroatoms. The second-order valence-corrected chi connectivity index (χ2v) is 19.4. The van der Waals surface area contributed by atoms with Crippen molar-refractivity contribution in [3.8, 4) is 0 Å². The smallest absolute Gasteiger partial charge is 0.207 e. The topological polar surface area (TPSA) is 37.4 Å². The van der Waals surface area contributed by atoms with Crippen molar-refractivity contribution in [2.75, 3.05) is 6.54 Å². The van der Waals surface area contributed by atoms with Gasteiger partial charge in [-0.2, -0.15) is 4.31 Å². The Hall–Kier alpha value is -0.653. The van der Waals surface area contributed by atoms with E-state index in [4.69, 9.17) is 0 Å². The van der Waals surface area contributed by atoms with Gasteiger partial charge in [-0.15, -0.1) is 0 Å². The molecule has 1 aromatic carbocycles. The van der Waals surface area contributed by atoms with Gasteiger partial charge in [0.1, 0.15) is 0 Å². The molecule has 1 saturated heterocycles. The van der Waals surface area contributed by atoms with Crippen LogP contribution in [0.25, 0.3) is 0 Å². The van der Waals surface area contributed by atoms with Gasteiger partial charge in [0.25, 0.3) is 0 Å². The first-order chi connectivity index (χ1) is 14.5. The van der Waals surface area contributed by atoms with Crippen LogP contribution >= 0.6 is 0 Å². The first-order valence-corrected chi connectivity index (χ1v) is 16.4. The Kier molecular flexibility index (Phi) is 7.80. The number of hydrogen-bond donors (Lipinski definition) is 0. The third kappa shape index (κ3) is 4.56. The second kappa shape index (κ2) is 9.68. The van der Waals surface area contributed by atoms with Crippen LogP contribution in [0.1, 0.15) is 85.6 Å². The van der Waals surface area contributed by atoms with Gasteiger partial charge in [-0.1, -0.05) is 95.1 Å². The number of benzene rings is 1. The summed E-state index contributed by atoms with van der Waals surface area (Å²) in [6.07, 6.45) is 7.28. The summed E-state index contributed by atoms with van der Waals surface area (Å²) in [5, 5.41) is 0. The Balaban J connectivity index is 2.04. The molecule has 1 aliphatic carbocycles. The van der Waals surface area contributed by atoms with Crippen molar-refractivity contribution in [3.05, 3.63) is 29.8 Å². The van der Waals surface area contributed by atoms with Gasteiger partial charge < -0.3 is 0 Å². The molecule has 3 nitrogen and oxygen atoms in total. The summed E-state index contributed by atoms with van der Waals surface area (Å²) in [6, 6.07) is 7.68. The molecule has 0 aromatic heterocycles. The molecule has 0 radical (unpaired) electrons. The minimum atomic E-state index is -3.47. The van der Waals surface area contributed by atoms with Gasteiger partial charge in [-0.25, -0.2) is 8.42 Å². The van der Waals surface area contributed by atoms with Crippen molar-refractivity contribution in [1.29, 1.82) is 0 Å². The molecular formula is C26H45NO2SSi. The number of rotatable bonds is 7. The molecule has 2 unspecified atom stereocenters. The lowest BCUT2D eigenvalue weighted by Gasteiger charge is -2.48. The fourth-order valence-electron chi connectivity index (χ4n) is 7.68. The normalized spacial score (nSPS) is 24.6. The molecule has 2 fully saturated rings. The first kappa shape index (κ1) is 25.0. The molecule has 0 amide bonds.